The SMILES string of the molecule is NCCNC(=O)CN(CC(N)=O)CC(N)=O. The Bertz CT molecular complexity index is 252. The predicted octanol–water partition coefficient (Wildman–Crippen LogP) is -3.67. The molecule has 0 atom stereocenters. The van der Waals surface area contributed by atoms with E-state index in [1.807, 2.05) is 0 Å². The van der Waals surface area contributed by atoms with Gasteiger partial charge < -0.3 is 22.5 Å². The first-order valence-electron chi connectivity index (χ1n) is 4.71. The first-order valence-corrected chi connectivity index (χ1v) is 4.71. The molecular weight excluding hydrogens is 214 g/mol. The van der Waals surface area contributed by atoms with E-state index in [0.29, 0.717) is 13.1 Å². The number of nitrogens with one attached hydrogen (secondary N) is 1. The molecule has 0 aliphatic heterocycles. The lowest BCUT2D eigenvalue weighted by Gasteiger charge is -2.17. The number of carbonyl (C=O) groups is 3. The third-order valence-electron chi connectivity index (χ3n) is 1.59. The Morgan fingerprint density at radius 3 is 1.88 bits per heavy atom. The highest BCUT2D eigenvalue weighted by molar-refractivity contribution is 5.82. The molecule has 7 N–H and O–H groups in total. The Hall–Kier alpha value is -1.67. The van der Waals surface area contributed by atoms with E-state index in [1.165, 1.54) is 4.90 Å². The molecule has 0 saturated carbocycles. The molecule has 3 amide bonds. The van der Waals surface area contributed by atoms with Crippen molar-refractivity contribution >= 4 is 17.7 Å². The topological polar surface area (TPSA) is 145 Å². The fraction of sp³-hybridized carbons (Fsp3) is 0.625. The average Bonchev–Trinajstić information content (AvgIpc) is 2.12. The second-order valence-corrected chi connectivity index (χ2v) is 3.22. The highest BCUT2D eigenvalue weighted by Gasteiger charge is 2.14. The lowest BCUT2D eigenvalue weighted by molar-refractivity contribution is -0.125. The number of rotatable bonds is 8. The molecule has 0 aromatic heterocycles. The molecule has 0 aromatic carbocycles. The van der Waals surface area contributed by atoms with Crippen LogP contribution in [0.25, 0.3) is 0 Å². The zero-order chi connectivity index (χ0) is 12.6. The van der Waals surface area contributed by atoms with E-state index in [4.69, 9.17) is 17.2 Å². The summed E-state index contributed by atoms with van der Waals surface area (Å²) in [4.78, 5) is 33.9. The van der Waals surface area contributed by atoms with Crippen molar-refractivity contribution in [2.45, 2.75) is 0 Å². The van der Waals surface area contributed by atoms with Crippen LogP contribution in [0.2, 0.25) is 0 Å². The van der Waals surface area contributed by atoms with Crippen molar-refractivity contribution in [2.75, 3.05) is 32.7 Å². The summed E-state index contributed by atoms with van der Waals surface area (Å²) < 4.78 is 0. The van der Waals surface area contributed by atoms with Crippen molar-refractivity contribution in [3.8, 4) is 0 Å². The molecule has 8 heteroatoms. The standard InChI is InChI=1S/C8H17N5O3/c9-1-2-12-8(16)5-13(3-6(10)14)4-7(11)15/h1-5,9H2,(H2,10,14)(H2,11,15)(H,12,16). The molecule has 0 saturated heterocycles. The Labute approximate surface area is 93.1 Å². The van der Waals surface area contributed by atoms with E-state index < -0.39 is 11.8 Å². The summed E-state index contributed by atoms with van der Waals surface area (Å²) in [6.45, 7) is 0.140. The van der Waals surface area contributed by atoms with Gasteiger partial charge in [0.1, 0.15) is 0 Å². The molecule has 0 unspecified atom stereocenters. The first kappa shape index (κ1) is 14.3. The van der Waals surface area contributed by atoms with Gasteiger partial charge in [-0.2, -0.15) is 0 Å². The zero-order valence-corrected chi connectivity index (χ0v) is 8.94. The molecule has 0 heterocycles. The Kier molecular flexibility index (Phi) is 6.81. The van der Waals surface area contributed by atoms with Crippen LogP contribution in [-0.2, 0) is 14.4 Å². The Morgan fingerprint density at radius 1 is 1.00 bits per heavy atom. The molecule has 0 aromatic rings. The quantitative estimate of drug-likeness (QED) is 0.340. The molecule has 0 radical (unpaired) electrons. The second-order valence-electron chi connectivity index (χ2n) is 3.22. The number of carbonyl (C=O) groups excluding carboxylic acids is 3. The van der Waals surface area contributed by atoms with Crippen LogP contribution in [0.5, 0.6) is 0 Å². The van der Waals surface area contributed by atoms with Gasteiger partial charge in [0.15, 0.2) is 0 Å². The molecule has 0 fully saturated rings. The van der Waals surface area contributed by atoms with Gasteiger partial charge in [-0.05, 0) is 0 Å². The molecule has 0 aliphatic rings. The van der Waals surface area contributed by atoms with Crippen molar-refractivity contribution in [3.63, 3.8) is 0 Å². The fourth-order valence-corrected chi connectivity index (χ4v) is 1.08. The third kappa shape index (κ3) is 7.71. The fourth-order valence-electron chi connectivity index (χ4n) is 1.08. The monoisotopic (exact) mass is 231 g/mol. The van der Waals surface area contributed by atoms with Crippen molar-refractivity contribution in [1.82, 2.24) is 10.2 Å². The van der Waals surface area contributed by atoms with Crippen molar-refractivity contribution in [3.05, 3.63) is 0 Å². The van der Waals surface area contributed by atoms with Gasteiger partial charge in [-0.25, -0.2) is 0 Å². The maximum absolute atomic E-state index is 11.3. The normalized spacial score (nSPS) is 10.1. The first-order chi connectivity index (χ1) is 7.45. The summed E-state index contributed by atoms with van der Waals surface area (Å²) in [6.07, 6.45) is 0. The molecule has 8 nitrogen and oxygen atoms in total. The van der Waals surface area contributed by atoms with E-state index >= 15 is 0 Å². The van der Waals surface area contributed by atoms with E-state index in [9.17, 15) is 14.4 Å². The van der Waals surface area contributed by atoms with Crippen LogP contribution in [-0.4, -0.2) is 55.3 Å². The second kappa shape index (κ2) is 7.60. The molecule has 0 aliphatic carbocycles. The number of nitrogens with two attached hydrogens (primary N) is 3. The van der Waals surface area contributed by atoms with Gasteiger partial charge in [-0.15, -0.1) is 0 Å². The maximum Gasteiger partial charge on any atom is 0.234 e. The van der Waals surface area contributed by atoms with Crippen LogP contribution in [0.3, 0.4) is 0 Å². The van der Waals surface area contributed by atoms with Crippen LogP contribution in [0.15, 0.2) is 0 Å². The summed E-state index contributed by atoms with van der Waals surface area (Å²) >= 11 is 0. The van der Waals surface area contributed by atoms with Crippen LogP contribution in [0.4, 0.5) is 0 Å². The largest absolute Gasteiger partial charge is 0.369 e. The van der Waals surface area contributed by atoms with Crippen LogP contribution in [0.1, 0.15) is 0 Å². The van der Waals surface area contributed by atoms with Gasteiger partial charge in [-0.1, -0.05) is 0 Å². The van der Waals surface area contributed by atoms with Crippen LogP contribution >= 0.6 is 0 Å². The van der Waals surface area contributed by atoms with Gasteiger partial charge in [0, 0.05) is 13.1 Å². The van der Waals surface area contributed by atoms with Crippen molar-refractivity contribution in [1.29, 1.82) is 0 Å². The minimum absolute atomic E-state index is 0.119. The van der Waals surface area contributed by atoms with E-state index in [2.05, 4.69) is 5.32 Å². The highest BCUT2D eigenvalue weighted by Crippen LogP contribution is 1.86. The minimum Gasteiger partial charge on any atom is -0.369 e. The molecule has 0 bridgehead atoms. The van der Waals surface area contributed by atoms with Gasteiger partial charge in [0.2, 0.25) is 17.7 Å². The summed E-state index contributed by atoms with van der Waals surface area (Å²) in [7, 11) is 0. The van der Waals surface area contributed by atoms with Crippen molar-refractivity contribution < 1.29 is 14.4 Å². The summed E-state index contributed by atoms with van der Waals surface area (Å²) in [5, 5.41) is 2.50. The lowest BCUT2D eigenvalue weighted by Crippen LogP contribution is -2.45. The highest BCUT2D eigenvalue weighted by atomic mass is 16.2. The Morgan fingerprint density at radius 2 is 1.50 bits per heavy atom. The van der Waals surface area contributed by atoms with E-state index in [0.717, 1.165) is 0 Å². The Balaban J connectivity index is 4.13. The van der Waals surface area contributed by atoms with Gasteiger partial charge in [-0.3, -0.25) is 19.3 Å². The number of hydrogen-bond donors (Lipinski definition) is 4. The van der Waals surface area contributed by atoms with Gasteiger partial charge >= 0.3 is 0 Å². The lowest BCUT2D eigenvalue weighted by atomic mass is 10.4. The smallest absolute Gasteiger partial charge is 0.234 e. The van der Waals surface area contributed by atoms with E-state index in [-0.39, 0.29) is 25.5 Å². The summed E-state index contributed by atoms with van der Waals surface area (Å²) in [5.41, 5.74) is 15.1. The van der Waals surface area contributed by atoms with E-state index in [1.54, 1.807) is 0 Å². The van der Waals surface area contributed by atoms with Gasteiger partial charge in [0.25, 0.3) is 0 Å². The number of amides is 3. The number of hydrogen-bond acceptors (Lipinski definition) is 5. The zero-order valence-electron chi connectivity index (χ0n) is 8.94. The third-order valence-corrected chi connectivity index (χ3v) is 1.59. The maximum atomic E-state index is 11.3. The number of primary amides is 2. The number of nitrogens with zero attached hydrogens (tertiary/aromatic N) is 1. The van der Waals surface area contributed by atoms with Crippen LogP contribution < -0.4 is 22.5 Å². The molecule has 16 heavy (non-hydrogen) atoms. The molecule has 0 spiro atoms. The summed E-state index contributed by atoms with van der Waals surface area (Å²) in [6, 6.07) is 0. The molecule has 92 valence electrons. The molecule has 0 rings (SSSR count). The molecular formula is C8H17N5O3. The minimum atomic E-state index is -0.632. The van der Waals surface area contributed by atoms with Gasteiger partial charge in [0.05, 0.1) is 19.6 Å². The average molecular weight is 231 g/mol. The van der Waals surface area contributed by atoms with Crippen LogP contribution in [0, 0.1) is 0 Å². The van der Waals surface area contributed by atoms with Crippen molar-refractivity contribution in [2.24, 2.45) is 17.2 Å². The summed E-state index contributed by atoms with van der Waals surface area (Å²) in [5.74, 6) is -1.60. The predicted molar refractivity (Wildman–Crippen MR) is 56.9 cm³/mol.